The zero-order chi connectivity index (χ0) is 18.0. The summed E-state index contributed by atoms with van der Waals surface area (Å²) in [5, 5.41) is 0. The van der Waals surface area contributed by atoms with Gasteiger partial charge in [0.15, 0.2) is 0 Å². The molecule has 4 nitrogen and oxygen atoms in total. The smallest absolute Gasteiger partial charge is 0.254 e. The molecule has 0 unspecified atom stereocenters. The Labute approximate surface area is 146 Å². The van der Waals surface area contributed by atoms with Gasteiger partial charge >= 0.3 is 0 Å². The number of hydrogen-bond acceptors (Lipinski definition) is 2. The number of rotatable bonds is 3. The average molecular weight is 340 g/mol. The Morgan fingerprint density at radius 1 is 1.08 bits per heavy atom. The molecule has 1 saturated heterocycles. The number of benzene rings is 2. The summed E-state index contributed by atoms with van der Waals surface area (Å²) in [6.45, 7) is 4.71. The lowest BCUT2D eigenvalue weighted by Crippen LogP contribution is -2.57. The van der Waals surface area contributed by atoms with Crippen LogP contribution in [0.4, 0.5) is 10.1 Å². The first-order valence-electron chi connectivity index (χ1n) is 8.48. The van der Waals surface area contributed by atoms with Crippen LogP contribution in [-0.4, -0.2) is 35.8 Å². The van der Waals surface area contributed by atoms with Gasteiger partial charge in [0, 0.05) is 24.3 Å². The molecule has 2 amide bonds. The van der Waals surface area contributed by atoms with E-state index >= 15 is 0 Å². The zero-order valence-corrected chi connectivity index (χ0v) is 14.4. The highest BCUT2D eigenvalue weighted by Crippen LogP contribution is 2.22. The number of anilines is 1. The van der Waals surface area contributed by atoms with Crippen molar-refractivity contribution in [2.45, 2.75) is 26.3 Å². The number of aryl methyl sites for hydroxylation is 1. The Bertz CT molecular complexity index is 771. The first-order valence-corrected chi connectivity index (χ1v) is 8.48. The van der Waals surface area contributed by atoms with Crippen LogP contribution in [-0.2, 0) is 11.2 Å². The third-order valence-corrected chi connectivity index (χ3v) is 4.66. The van der Waals surface area contributed by atoms with Crippen LogP contribution in [0, 0.1) is 5.82 Å². The molecule has 0 aromatic heterocycles. The normalized spacial score (nSPS) is 17.7. The standard InChI is InChI=1S/C20H21FN2O2/c1-3-15-4-10-18(11-5-15)23-13-12-22(14(2)19(23)24)20(25)16-6-8-17(21)9-7-16/h4-11,14H,3,12-13H2,1-2H3/t14-/m0/s1. The summed E-state index contributed by atoms with van der Waals surface area (Å²) in [7, 11) is 0. The second-order valence-corrected chi connectivity index (χ2v) is 6.19. The Morgan fingerprint density at radius 3 is 2.32 bits per heavy atom. The first-order chi connectivity index (χ1) is 12.0. The van der Waals surface area contributed by atoms with Crippen molar-refractivity contribution in [2.24, 2.45) is 0 Å². The van der Waals surface area contributed by atoms with Gasteiger partial charge in [-0.25, -0.2) is 4.39 Å². The van der Waals surface area contributed by atoms with E-state index in [9.17, 15) is 14.0 Å². The number of hydrogen-bond donors (Lipinski definition) is 0. The molecule has 1 atom stereocenters. The molecule has 1 heterocycles. The van der Waals surface area contributed by atoms with Crippen molar-refractivity contribution in [1.29, 1.82) is 0 Å². The van der Waals surface area contributed by atoms with Crippen molar-refractivity contribution >= 4 is 17.5 Å². The summed E-state index contributed by atoms with van der Waals surface area (Å²) in [4.78, 5) is 28.6. The number of piperazine rings is 1. The van der Waals surface area contributed by atoms with E-state index in [-0.39, 0.29) is 17.6 Å². The maximum absolute atomic E-state index is 13.0. The molecule has 1 aliphatic rings. The molecule has 1 aliphatic heterocycles. The van der Waals surface area contributed by atoms with Crippen molar-refractivity contribution in [3.05, 3.63) is 65.5 Å². The van der Waals surface area contributed by atoms with Crippen LogP contribution in [0.15, 0.2) is 48.5 Å². The SMILES string of the molecule is CCc1ccc(N2CCN(C(=O)c3ccc(F)cc3)[C@@H](C)C2=O)cc1. The zero-order valence-electron chi connectivity index (χ0n) is 14.4. The molecular formula is C20H21FN2O2. The molecule has 2 aromatic rings. The number of nitrogens with zero attached hydrogens (tertiary/aromatic N) is 2. The van der Waals surface area contributed by atoms with Crippen molar-refractivity contribution < 1.29 is 14.0 Å². The minimum absolute atomic E-state index is 0.106. The fourth-order valence-corrected chi connectivity index (χ4v) is 3.07. The van der Waals surface area contributed by atoms with Crippen LogP contribution >= 0.6 is 0 Å². The molecule has 0 radical (unpaired) electrons. The Hall–Kier alpha value is -2.69. The lowest BCUT2D eigenvalue weighted by molar-refractivity contribution is -0.124. The van der Waals surface area contributed by atoms with Crippen molar-refractivity contribution in [3.8, 4) is 0 Å². The molecule has 2 aromatic carbocycles. The molecule has 0 N–H and O–H groups in total. The van der Waals surface area contributed by atoms with Gasteiger partial charge in [-0.1, -0.05) is 19.1 Å². The summed E-state index contributed by atoms with van der Waals surface area (Å²) in [5.41, 5.74) is 2.46. The fourth-order valence-electron chi connectivity index (χ4n) is 3.07. The third-order valence-electron chi connectivity index (χ3n) is 4.66. The van der Waals surface area contributed by atoms with E-state index in [1.54, 1.807) is 16.7 Å². The fraction of sp³-hybridized carbons (Fsp3) is 0.300. The quantitative estimate of drug-likeness (QED) is 0.860. The van der Waals surface area contributed by atoms with E-state index in [2.05, 4.69) is 6.92 Å². The number of halogens is 1. The van der Waals surface area contributed by atoms with Gasteiger partial charge < -0.3 is 9.80 Å². The van der Waals surface area contributed by atoms with E-state index < -0.39 is 6.04 Å². The molecule has 0 aliphatic carbocycles. The first kappa shape index (κ1) is 17.1. The third kappa shape index (κ3) is 3.40. The Balaban J connectivity index is 1.76. The van der Waals surface area contributed by atoms with E-state index in [4.69, 9.17) is 0 Å². The summed E-state index contributed by atoms with van der Waals surface area (Å²) >= 11 is 0. The van der Waals surface area contributed by atoms with E-state index in [0.29, 0.717) is 18.7 Å². The topological polar surface area (TPSA) is 40.6 Å². The van der Waals surface area contributed by atoms with Gasteiger partial charge in [-0.05, 0) is 55.3 Å². The molecule has 0 bridgehead atoms. The van der Waals surface area contributed by atoms with Crippen LogP contribution in [0.1, 0.15) is 29.8 Å². The summed E-state index contributed by atoms with van der Waals surface area (Å²) in [5.74, 6) is -0.742. The molecule has 1 fully saturated rings. The van der Waals surface area contributed by atoms with Gasteiger partial charge in [-0.15, -0.1) is 0 Å². The average Bonchev–Trinajstić information content (AvgIpc) is 2.64. The monoisotopic (exact) mass is 340 g/mol. The minimum Gasteiger partial charge on any atom is -0.325 e. The maximum Gasteiger partial charge on any atom is 0.254 e. The number of carbonyl (C=O) groups is 2. The van der Waals surface area contributed by atoms with Gasteiger partial charge in [-0.2, -0.15) is 0 Å². The van der Waals surface area contributed by atoms with Gasteiger partial charge in [-0.3, -0.25) is 9.59 Å². The highest BCUT2D eigenvalue weighted by Gasteiger charge is 2.35. The molecule has 0 spiro atoms. The lowest BCUT2D eigenvalue weighted by Gasteiger charge is -2.39. The van der Waals surface area contributed by atoms with Crippen LogP contribution in [0.3, 0.4) is 0 Å². The largest absolute Gasteiger partial charge is 0.325 e. The van der Waals surface area contributed by atoms with Crippen molar-refractivity contribution in [2.75, 3.05) is 18.0 Å². The van der Waals surface area contributed by atoms with E-state index in [1.165, 1.54) is 29.8 Å². The van der Waals surface area contributed by atoms with Crippen LogP contribution in [0.25, 0.3) is 0 Å². The lowest BCUT2D eigenvalue weighted by atomic mass is 10.1. The Morgan fingerprint density at radius 2 is 1.72 bits per heavy atom. The van der Waals surface area contributed by atoms with Crippen LogP contribution in [0.2, 0.25) is 0 Å². The summed E-state index contributed by atoms with van der Waals surface area (Å²) in [6, 6.07) is 12.8. The van der Waals surface area contributed by atoms with Crippen molar-refractivity contribution in [1.82, 2.24) is 4.90 Å². The minimum atomic E-state index is -0.558. The molecule has 25 heavy (non-hydrogen) atoms. The molecular weight excluding hydrogens is 319 g/mol. The van der Waals surface area contributed by atoms with Crippen LogP contribution < -0.4 is 4.90 Å². The predicted octanol–water partition coefficient (Wildman–Crippen LogP) is 3.27. The van der Waals surface area contributed by atoms with E-state index in [0.717, 1.165) is 12.1 Å². The van der Waals surface area contributed by atoms with Gasteiger partial charge in [0.05, 0.1) is 0 Å². The second kappa shape index (κ2) is 7.05. The molecule has 130 valence electrons. The van der Waals surface area contributed by atoms with Crippen LogP contribution in [0.5, 0.6) is 0 Å². The second-order valence-electron chi connectivity index (χ2n) is 6.19. The van der Waals surface area contributed by atoms with Gasteiger partial charge in [0.2, 0.25) is 5.91 Å². The molecule has 5 heteroatoms. The van der Waals surface area contributed by atoms with Gasteiger partial charge in [0.25, 0.3) is 5.91 Å². The molecule has 0 saturated carbocycles. The van der Waals surface area contributed by atoms with Crippen molar-refractivity contribution in [3.63, 3.8) is 0 Å². The highest BCUT2D eigenvalue weighted by molar-refractivity contribution is 6.03. The molecule has 3 rings (SSSR count). The number of carbonyl (C=O) groups excluding carboxylic acids is 2. The van der Waals surface area contributed by atoms with E-state index in [1.807, 2.05) is 24.3 Å². The summed E-state index contributed by atoms with van der Waals surface area (Å²) in [6.07, 6.45) is 0.949. The predicted molar refractivity (Wildman–Crippen MR) is 95.1 cm³/mol. The Kier molecular flexibility index (Phi) is 4.83. The number of amides is 2. The summed E-state index contributed by atoms with van der Waals surface area (Å²) < 4.78 is 13.0. The van der Waals surface area contributed by atoms with Gasteiger partial charge in [0.1, 0.15) is 11.9 Å². The highest BCUT2D eigenvalue weighted by atomic mass is 19.1. The maximum atomic E-state index is 13.0.